The quantitative estimate of drug-likeness (QED) is 0.431. The summed E-state index contributed by atoms with van der Waals surface area (Å²) >= 11 is 0. The van der Waals surface area contributed by atoms with Gasteiger partial charge in [0, 0.05) is 0 Å². The van der Waals surface area contributed by atoms with Crippen LogP contribution in [0.15, 0.2) is 0 Å². The lowest BCUT2D eigenvalue weighted by Gasteiger charge is -2.65. The van der Waals surface area contributed by atoms with Crippen LogP contribution in [0.25, 0.3) is 0 Å². The third kappa shape index (κ3) is 3.36. The van der Waals surface area contributed by atoms with Crippen molar-refractivity contribution in [2.45, 2.75) is 126 Å². The molecule has 0 N–H and O–H groups in total. The maximum atomic E-state index is 2.78. The molecule has 4 saturated carbocycles. The average Bonchev–Trinajstić information content (AvgIpc) is 2.93. The minimum Gasteiger partial charge on any atom is -0.0628 e. The molecule has 29 heavy (non-hydrogen) atoms. The van der Waals surface area contributed by atoms with E-state index in [4.69, 9.17) is 0 Å². The Balaban J connectivity index is 1.53. The van der Waals surface area contributed by atoms with Crippen LogP contribution in [-0.2, 0) is 0 Å². The van der Waals surface area contributed by atoms with E-state index in [1.807, 2.05) is 0 Å². The van der Waals surface area contributed by atoms with Crippen LogP contribution in [-0.4, -0.2) is 0 Å². The van der Waals surface area contributed by atoms with Crippen LogP contribution >= 0.6 is 0 Å². The van der Waals surface area contributed by atoms with Gasteiger partial charge in [-0.1, -0.05) is 80.6 Å². The van der Waals surface area contributed by atoms with E-state index in [9.17, 15) is 0 Å². The normalized spacial score (nSPS) is 50.7. The molecule has 0 radical (unpaired) electrons. The third-order valence-corrected chi connectivity index (χ3v) is 12.0. The number of hydrogen-bond acceptors (Lipinski definition) is 0. The molecule has 4 aliphatic carbocycles. The molecule has 2 unspecified atom stereocenters. The van der Waals surface area contributed by atoms with Crippen LogP contribution in [0.4, 0.5) is 0 Å². The minimum absolute atomic E-state index is 0.606. The van der Waals surface area contributed by atoms with Crippen LogP contribution in [0, 0.1) is 57.7 Å². The van der Waals surface area contributed by atoms with Gasteiger partial charge in [0.25, 0.3) is 0 Å². The van der Waals surface area contributed by atoms with Gasteiger partial charge in [-0.05, 0) is 103 Å². The van der Waals surface area contributed by atoms with E-state index >= 15 is 0 Å². The van der Waals surface area contributed by atoms with Crippen molar-refractivity contribution in [3.8, 4) is 0 Å². The van der Waals surface area contributed by atoms with E-state index in [1.165, 1.54) is 57.8 Å². The Labute approximate surface area is 183 Å². The second-order valence-corrected chi connectivity index (χ2v) is 13.6. The highest BCUT2D eigenvalue weighted by atomic mass is 14.7. The highest BCUT2D eigenvalue weighted by molar-refractivity contribution is 5.14. The van der Waals surface area contributed by atoms with E-state index in [2.05, 4.69) is 48.5 Å². The first-order valence-corrected chi connectivity index (χ1v) is 13.6. The van der Waals surface area contributed by atoms with Crippen molar-refractivity contribution >= 4 is 0 Å². The molecule has 4 fully saturated rings. The zero-order valence-corrected chi connectivity index (χ0v) is 21.0. The van der Waals surface area contributed by atoms with Crippen LogP contribution in [0.5, 0.6) is 0 Å². The van der Waals surface area contributed by atoms with E-state index in [-0.39, 0.29) is 0 Å². The van der Waals surface area contributed by atoms with Crippen molar-refractivity contribution in [2.24, 2.45) is 57.7 Å². The molecule has 0 heterocycles. The van der Waals surface area contributed by atoms with Crippen molar-refractivity contribution in [3.63, 3.8) is 0 Å². The Kier molecular flexibility index (Phi) is 6.01. The van der Waals surface area contributed by atoms with Crippen LogP contribution in [0.2, 0.25) is 0 Å². The van der Waals surface area contributed by atoms with Crippen LogP contribution < -0.4 is 0 Å². The molecule has 0 saturated heterocycles. The Bertz CT molecular complexity index is 577. The van der Waals surface area contributed by atoms with Gasteiger partial charge in [-0.2, -0.15) is 0 Å². The zero-order chi connectivity index (χ0) is 21.0. The molecule has 0 spiro atoms. The fourth-order valence-electron chi connectivity index (χ4n) is 10.2. The largest absolute Gasteiger partial charge is 0.0628 e. The first-order chi connectivity index (χ1) is 13.6. The lowest BCUT2D eigenvalue weighted by Crippen LogP contribution is -2.58. The van der Waals surface area contributed by atoms with Gasteiger partial charge in [0.05, 0.1) is 0 Å². The summed E-state index contributed by atoms with van der Waals surface area (Å²) in [5.74, 6) is 6.83. The van der Waals surface area contributed by atoms with Gasteiger partial charge in [-0.3, -0.25) is 0 Å². The summed E-state index contributed by atoms with van der Waals surface area (Å²) in [4.78, 5) is 0. The van der Waals surface area contributed by atoms with E-state index < -0.39 is 0 Å². The van der Waals surface area contributed by atoms with Gasteiger partial charge in [0.15, 0.2) is 0 Å². The SMILES string of the molecule is CC(C)CCC[C@@H](C)[C@H]1CC[C@@]2(C)[C@@H]3CCC4C(C)CCC[C@]4(C)[C@H]3CC[C@]12C. The topological polar surface area (TPSA) is 0 Å². The monoisotopic (exact) mass is 400 g/mol. The molecule has 4 rings (SSSR count). The smallest absolute Gasteiger partial charge is 0.0238 e. The molecular weight excluding hydrogens is 348 g/mol. The Morgan fingerprint density at radius 3 is 2.14 bits per heavy atom. The molecule has 9 atom stereocenters. The maximum Gasteiger partial charge on any atom is -0.0238 e. The Hall–Kier alpha value is 0. The average molecular weight is 401 g/mol. The van der Waals surface area contributed by atoms with Gasteiger partial charge in [0.1, 0.15) is 0 Å². The van der Waals surface area contributed by atoms with Crippen molar-refractivity contribution in [1.82, 2.24) is 0 Å². The lowest BCUT2D eigenvalue weighted by molar-refractivity contribution is -0.165. The number of fused-ring (bicyclic) bond motifs is 5. The lowest BCUT2D eigenvalue weighted by atomic mass is 9.39. The fourth-order valence-corrected chi connectivity index (χ4v) is 10.2. The van der Waals surface area contributed by atoms with Gasteiger partial charge in [-0.15, -0.1) is 0 Å². The molecular formula is C29H52. The van der Waals surface area contributed by atoms with Crippen LogP contribution in [0.1, 0.15) is 126 Å². The second-order valence-electron chi connectivity index (χ2n) is 13.6. The highest BCUT2D eigenvalue weighted by Crippen LogP contribution is 2.73. The zero-order valence-electron chi connectivity index (χ0n) is 21.0. The Morgan fingerprint density at radius 1 is 0.724 bits per heavy atom. The predicted molar refractivity (Wildman–Crippen MR) is 127 cm³/mol. The van der Waals surface area contributed by atoms with Crippen molar-refractivity contribution in [1.29, 1.82) is 0 Å². The summed E-state index contributed by atoms with van der Waals surface area (Å²) in [6.45, 7) is 18.3. The van der Waals surface area contributed by atoms with Gasteiger partial charge < -0.3 is 0 Å². The van der Waals surface area contributed by atoms with Gasteiger partial charge in [-0.25, -0.2) is 0 Å². The van der Waals surface area contributed by atoms with Crippen LogP contribution in [0.3, 0.4) is 0 Å². The molecule has 0 bridgehead atoms. The minimum atomic E-state index is 0.606. The summed E-state index contributed by atoms with van der Waals surface area (Å²) in [6.07, 6.45) is 18.1. The van der Waals surface area contributed by atoms with Gasteiger partial charge in [0.2, 0.25) is 0 Å². The predicted octanol–water partition coefficient (Wildman–Crippen LogP) is 9.13. The summed E-state index contributed by atoms with van der Waals surface area (Å²) < 4.78 is 0. The molecule has 0 aromatic heterocycles. The van der Waals surface area contributed by atoms with Crippen molar-refractivity contribution in [2.75, 3.05) is 0 Å². The van der Waals surface area contributed by atoms with E-state index in [0.717, 1.165) is 41.4 Å². The Morgan fingerprint density at radius 2 is 1.41 bits per heavy atom. The molecule has 0 heteroatoms. The number of rotatable bonds is 5. The molecule has 0 amide bonds. The van der Waals surface area contributed by atoms with Gasteiger partial charge >= 0.3 is 0 Å². The highest BCUT2D eigenvalue weighted by Gasteiger charge is 2.65. The third-order valence-electron chi connectivity index (χ3n) is 12.0. The second kappa shape index (κ2) is 7.85. The maximum absolute atomic E-state index is 2.78. The molecule has 0 aromatic rings. The molecule has 0 aliphatic heterocycles. The number of hydrogen-bond donors (Lipinski definition) is 0. The fraction of sp³-hybridized carbons (Fsp3) is 1.00. The summed E-state index contributed by atoms with van der Waals surface area (Å²) in [5.41, 5.74) is 1.88. The first kappa shape index (κ1) is 22.2. The summed E-state index contributed by atoms with van der Waals surface area (Å²) in [7, 11) is 0. The molecule has 168 valence electrons. The summed E-state index contributed by atoms with van der Waals surface area (Å²) in [6, 6.07) is 0. The molecule has 0 nitrogen and oxygen atoms in total. The van der Waals surface area contributed by atoms with E-state index in [1.54, 1.807) is 19.3 Å². The molecule has 0 aromatic carbocycles. The van der Waals surface area contributed by atoms with E-state index in [0.29, 0.717) is 16.2 Å². The summed E-state index contributed by atoms with van der Waals surface area (Å²) in [5, 5.41) is 0. The van der Waals surface area contributed by atoms with Crippen molar-refractivity contribution < 1.29 is 0 Å². The first-order valence-electron chi connectivity index (χ1n) is 13.6. The standard InChI is InChI=1S/C29H52/c1-20(2)10-8-11-22(4)24-15-18-29(7)26-14-13-23-21(3)12-9-17-27(23,5)25(26)16-19-28(24,29)6/h20-26H,8-19H2,1-7H3/t21?,22-,23?,24-,25+,26-,27+,28-,29+/m1/s1. The molecule has 4 aliphatic rings. The van der Waals surface area contributed by atoms with Crippen molar-refractivity contribution in [3.05, 3.63) is 0 Å².